The predicted octanol–water partition coefficient (Wildman–Crippen LogP) is 4.22. The number of anilines is 3. The van der Waals surface area contributed by atoms with Gasteiger partial charge >= 0.3 is 6.18 Å². The van der Waals surface area contributed by atoms with E-state index in [1.54, 1.807) is 0 Å². The van der Waals surface area contributed by atoms with Gasteiger partial charge in [-0.2, -0.15) is 13.2 Å². The fraction of sp³-hybridized carbons (Fsp3) is 0.316. The topological polar surface area (TPSA) is 75.7 Å². The molecule has 10 heteroatoms. The van der Waals surface area contributed by atoms with E-state index in [1.165, 1.54) is 49.9 Å². The van der Waals surface area contributed by atoms with Gasteiger partial charge in [-0.25, -0.2) is 8.42 Å². The lowest BCUT2D eigenvalue weighted by Gasteiger charge is -2.39. The summed E-state index contributed by atoms with van der Waals surface area (Å²) in [5, 5.41) is 0. The van der Waals surface area contributed by atoms with Crippen molar-refractivity contribution < 1.29 is 31.1 Å². The number of hydrogen-bond donors (Lipinski definition) is 1. The van der Waals surface area contributed by atoms with Crippen LogP contribution in [-0.2, 0) is 21.0 Å². The number of amides is 1. The first kappa shape index (κ1) is 21.0. The Hall–Kier alpha value is -2.75. The molecule has 1 amide bonds. The first-order valence-corrected chi connectivity index (χ1v) is 10.4. The number of halogens is 3. The van der Waals surface area contributed by atoms with E-state index >= 15 is 0 Å². The molecule has 2 aromatic rings. The minimum atomic E-state index is -4.50. The molecule has 0 bridgehead atoms. The quantitative estimate of drug-likeness (QED) is 0.794. The van der Waals surface area contributed by atoms with Gasteiger partial charge in [-0.15, -0.1) is 0 Å². The molecule has 0 radical (unpaired) electrons. The molecule has 0 aliphatic carbocycles. The van der Waals surface area contributed by atoms with Crippen molar-refractivity contribution >= 4 is 33.0 Å². The Labute approximate surface area is 166 Å². The van der Waals surface area contributed by atoms with Gasteiger partial charge in [-0.3, -0.25) is 14.4 Å². The number of sulfonamides is 1. The second-order valence-corrected chi connectivity index (χ2v) is 9.06. The van der Waals surface area contributed by atoms with Crippen molar-refractivity contribution in [3.63, 3.8) is 0 Å². The summed E-state index contributed by atoms with van der Waals surface area (Å²) in [6.07, 6.45) is -3.50. The molecule has 0 atom stereocenters. The van der Waals surface area contributed by atoms with E-state index in [9.17, 15) is 26.4 Å². The second-order valence-electron chi connectivity index (χ2n) is 7.31. The molecular formula is C19H19F3N2O4S. The van der Waals surface area contributed by atoms with Crippen LogP contribution in [0.5, 0.6) is 5.75 Å². The lowest BCUT2D eigenvalue weighted by molar-refractivity contribution is -0.137. The van der Waals surface area contributed by atoms with Gasteiger partial charge in [0.1, 0.15) is 5.75 Å². The summed E-state index contributed by atoms with van der Waals surface area (Å²) in [6, 6.07) is 7.48. The van der Waals surface area contributed by atoms with E-state index in [0.717, 1.165) is 18.4 Å². The zero-order valence-corrected chi connectivity index (χ0v) is 16.9. The van der Waals surface area contributed by atoms with Crippen LogP contribution in [0.25, 0.3) is 0 Å². The number of fused-ring (bicyclic) bond motifs is 1. The number of benzene rings is 2. The van der Waals surface area contributed by atoms with Crippen molar-refractivity contribution in [1.82, 2.24) is 0 Å². The fourth-order valence-electron chi connectivity index (χ4n) is 3.08. The van der Waals surface area contributed by atoms with Gasteiger partial charge in [0.05, 0.1) is 28.9 Å². The molecule has 0 spiro atoms. The molecule has 2 aromatic carbocycles. The largest absolute Gasteiger partial charge is 0.476 e. The average Bonchev–Trinajstić information content (AvgIpc) is 2.54. The molecule has 1 aliphatic rings. The van der Waals surface area contributed by atoms with Crippen molar-refractivity contribution in [3.05, 3.63) is 47.5 Å². The van der Waals surface area contributed by atoms with Crippen molar-refractivity contribution in [1.29, 1.82) is 0 Å². The smallest absolute Gasteiger partial charge is 0.416 e. The van der Waals surface area contributed by atoms with E-state index in [0.29, 0.717) is 5.69 Å². The van der Waals surface area contributed by atoms with Crippen LogP contribution in [0.3, 0.4) is 0 Å². The molecule has 1 N–H and O–H groups in total. The Morgan fingerprint density at radius 3 is 2.24 bits per heavy atom. The minimum Gasteiger partial charge on any atom is -0.476 e. The molecule has 0 saturated carbocycles. The number of hydrogen-bond acceptors (Lipinski definition) is 4. The molecule has 0 fully saturated rings. The Kier molecular flexibility index (Phi) is 4.81. The van der Waals surface area contributed by atoms with Gasteiger partial charge in [0, 0.05) is 6.07 Å². The molecule has 3 rings (SSSR count). The van der Waals surface area contributed by atoms with E-state index in [4.69, 9.17) is 4.74 Å². The van der Waals surface area contributed by atoms with Crippen LogP contribution in [-0.4, -0.2) is 26.2 Å². The number of rotatable bonds is 3. The number of ether oxygens (including phenoxy) is 1. The maximum atomic E-state index is 13.0. The molecule has 29 heavy (non-hydrogen) atoms. The highest BCUT2D eigenvalue weighted by atomic mass is 32.2. The SMILES string of the molecule is Cc1cc(C(F)(F)F)ccc1N1C(=O)C(C)(C)Oc2cc(NS(C)(=O)=O)ccc21. The summed E-state index contributed by atoms with van der Waals surface area (Å²) < 4.78 is 70.1. The van der Waals surface area contributed by atoms with Gasteiger partial charge in [0.25, 0.3) is 5.91 Å². The lowest BCUT2D eigenvalue weighted by Crippen LogP contribution is -2.50. The normalized spacial score (nSPS) is 16.2. The number of carbonyl (C=O) groups is 1. The van der Waals surface area contributed by atoms with E-state index < -0.39 is 33.3 Å². The monoisotopic (exact) mass is 428 g/mol. The Bertz CT molecular complexity index is 1100. The molecule has 156 valence electrons. The summed E-state index contributed by atoms with van der Waals surface area (Å²) in [5.41, 5.74) is -1.05. The number of nitrogens with zero attached hydrogens (tertiary/aromatic N) is 1. The molecule has 0 saturated heterocycles. The van der Waals surface area contributed by atoms with Gasteiger partial charge in [-0.1, -0.05) is 0 Å². The summed E-state index contributed by atoms with van der Waals surface area (Å²) in [7, 11) is -3.53. The van der Waals surface area contributed by atoms with Crippen molar-refractivity contribution in [2.45, 2.75) is 32.5 Å². The first-order chi connectivity index (χ1) is 13.2. The average molecular weight is 428 g/mol. The van der Waals surface area contributed by atoms with Gasteiger partial charge in [-0.05, 0) is 56.7 Å². The third-order valence-electron chi connectivity index (χ3n) is 4.35. The molecule has 1 aliphatic heterocycles. The van der Waals surface area contributed by atoms with E-state index in [1.807, 2.05) is 0 Å². The number of carbonyl (C=O) groups excluding carboxylic acids is 1. The van der Waals surface area contributed by atoms with E-state index in [-0.39, 0.29) is 22.7 Å². The van der Waals surface area contributed by atoms with Gasteiger partial charge < -0.3 is 4.74 Å². The Morgan fingerprint density at radius 2 is 1.69 bits per heavy atom. The van der Waals surface area contributed by atoms with Crippen LogP contribution < -0.4 is 14.4 Å². The second kappa shape index (κ2) is 6.65. The summed E-state index contributed by atoms with van der Waals surface area (Å²) in [6.45, 7) is 4.54. The van der Waals surface area contributed by atoms with Crippen molar-refractivity contribution in [3.8, 4) is 5.75 Å². The fourth-order valence-corrected chi connectivity index (χ4v) is 3.63. The lowest BCUT2D eigenvalue weighted by atomic mass is 10.0. The minimum absolute atomic E-state index is 0.225. The zero-order chi connectivity index (χ0) is 21.8. The first-order valence-electron chi connectivity index (χ1n) is 8.52. The maximum absolute atomic E-state index is 13.0. The van der Waals surface area contributed by atoms with E-state index in [2.05, 4.69) is 4.72 Å². The molecule has 6 nitrogen and oxygen atoms in total. The maximum Gasteiger partial charge on any atom is 0.416 e. The van der Waals surface area contributed by atoms with Crippen LogP contribution in [0.15, 0.2) is 36.4 Å². The van der Waals surface area contributed by atoms with Crippen LogP contribution in [0, 0.1) is 6.92 Å². The van der Waals surface area contributed by atoms with Gasteiger partial charge in [0.15, 0.2) is 5.60 Å². The Morgan fingerprint density at radius 1 is 1.07 bits per heavy atom. The van der Waals surface area contributed by atoms with Gasteiger partial charge in [0.2, 0.25) is 10.0 Å². The molecule has 1 heterocycles. The molecular weight excluding hydrogens is 409 g/mol. The summed E-state index contributed by atoms with van der Waals surface area (Å²) in [5.74, 6) is -0.237. The molecule has 0 aromatic heterocycles. The Balaban J connectivity index is 2.14. The highest BCUT2D eigenvalue weighted by molar-refractivity contribution is 7.92. The van der Waals surface area contributed by atoms with Crippen molar-refractivity contribution in [2.24, 2.45) is 0 Å². The van der Waals surface area contributed by atoms with Crippen molar-refractivity contribution in [2.75, 3.05) is 15.9 Å². The zero-order valence-electron chi connectivity index (χ0n) is 16.1. The summed E-state index contributed by atoms with van der Waals surface area (Å²) >= 11 is 0. The van der Waals surface area contributed by atoms with Crippen LogP contribution in [0.4, 0.5) is 30.2 Å². The van der Waals surface area contributed by atoms with Crippen LogP contribution in [0.1, 0.15) is 25.0 Å². The number of nitrogens with one attached hydrogen (secondary N) is 1. The third-order valence-corrected chi connectivity index (χ3v) is 4.96. The van der Waals surface area contributed by atoms with Crippen LogP contribution in [0.2, 0.25) is 0 Å². The summed E-state index contributed by atoms with van der Waals surface area (Å²) in [4.78, 5) is 14.3. The highest BCUT2D eigenvalue weighted by Crippen LogP contribution is 2.45. The number of aryl methyl sites for hydroxylation is 1. The molecule has 0 unspecified atom stereocenters. The predicted molar refractivity (Wildman–Crippen MR) is 103 cm³/mol. The number of alkyl halides is 3. The highest BCUT2D eigenvalue weighted by Gasteiger charge is 2.42. The third kappa shape index (κ3) is 4.16. The van der Waals surface area contributed by atoms with Crippen LogP contribution >= 0.6 is 0 Å². The standard InChI is InChI=1S/C19H19F3N2O4S/c1-11-9-12(19(20,21)22)5-7-14(11)24-15-8-6-13(23-29(4,26)27)10-16(15)28-18(2,3)17(24)25/h5-10,23H,1-4H3.